The van der Waals surface area contributed by atoms with E-state index in [0.29, 0.717) is 0 Å². The van der Waals surface area contributed by atoms with E-state index in [1.165, 1.54) is 13.1 Å². The highest BCUT2D eigenvalue weighted by Crippen LogP contribution is 2.31. The lowest BCUT2D eigenvalue weighted by atomic mass is 10.1. The molecule has 0 amide bonds. The van der Waals surface area contributed by atoms with Gasteiger partial charge in [0, 0.05) is 13.1 Å². The van der Waals surface area contributed by atoms with E-state index in [1.54, 1.807) is 0 Å². The van der Waals surface area contributed by atoms with E-state index in [2.05, 4.69) is 0 Å². The van der Waals surface area contributed by atoms with Gasteiger partial charge in [-0.05, 0) is 6.07 Å². The molecule has 0 aliphatic carbocycles. The van der Waals surface area contributed by atoms with E-state index in [-0.39, 0.29) is 11.3 Å². The Balaban J connectivity index is 3.35. The van der Waals surface area contributed by atoms with Gasteiger partial charge in [-0.3, -0.25) is 10.1 Å². The Morgan fingerprint density at radius 3 is 2.61 bits per heavy atom. The Morgan fingerprint density at radius 1 is 1.56 bits per heavy atom. The highest BCUT2D eigenvalue weighted by molar-refractivity contribution is 5.97. The fourth-order valence-electron chi connectivity index (χ4n) is 1.55. The van der Waals surface area contributed by atoms with Crippen molar-refractivity contribution in [2.75, 3.05) is 18.5 Å². The number of carboxylic acid groups (broad SMARTS) is 1. The van der Waals surface area contributed by atoms with E-state index in [0.717, 1.165) is 17.0 Å². The predicted octanol–water partition coefficient (Wildman–Crippen LogP) is 1.99. The van der Waals surface area contributed by atoms with Gasteiger partial charge >= 0.3 is 5.97 Å². The molecule has 0 aromatic heterocycles. The summed E-state index contributed by atoms with van der Waals surface area (Å²) in [5.41, 5.74) is -1.22. The Morgan fingerprint density at radius 2 is 2.17 bits per heavy atom. The molecule has 98 valence electrons. The number of aromatic carboxylic acids is 1. The molecule has 0 unspecified atom stereocenters. The third-order valence-electron chi connectivity index (χ3n) is 2.24. The fraction of sp³-hybridized carbons (Fsp3) is 0.300. The lowest BCUT2D eigenvalue weighted by Gasteiger charge is -2.20. The van der Waals surface area contributed by atoms with Crippen LogP contribution in [0.4, 0.5) is 20.2 Å². The Bertz CT molecular complexity index is 447. The zero-order chi connectivity index (χ0) is 13.9. The first kappa shape index (κ1) is 13.8. The summed E-state index contributed by atoms with van der Waals surface area (Å²) in [5, 5.41) is 19.7. The second-order valence-electron chi connectivity index (χ2n) is 3.51. The molecule has 0 aliphatic rings. The quantitative estimate of drug-likeness (QED) is 0.646. The lowest BCUT2D eigenvalue weighted by molar-refractivity contribution is -0.384. The van der Waals surface area contributed by atoms with Crippen LogP contribution in [0.1, 0.15) is 10.4 Å². The summed E-state index contributed by atoms with van der Waals surface area (Å²) in [6.07, 6.45) is -2.73. The van der Waals surface area contributed by atoms with Crippen LogP contribution in [0.2, 0.25) is 0 Å². The zero-order valence-electron chi connectivity index (χ0n) is 9.34. The molecule has 1 aromatic carbocycles. The molecule has 1 aromatic rings. The van der Waals surface area contributed by atoms with Gasteiger partial charge in [0.2, 0.25) is 0 Å². The number of nitro benzene ring substituents is 1. The number of para-hydroxylation sites is 1. The summed E-state index contributed by atoms with van der Waals surface area (Å²) in [6.45, 7) is -0.787. The predicted molar refractivity (Wildman–Crippen MR) is 59.3 cm³/mol. The summed E-state index contributed by atoms with van der Waals surface area (Å²) in [7, 11) is 1.18. The van der Waals surface area contributed by atoms with Crippen LogP contribution in [0.3, 0.4) is 0 Å². The SMILES string of the molecule is CN(CC(F)F)c1c(C(=O)O)cccc1[N+](=O)[O-]. The number of anilines is 1. The van der Waals surface area contributed by atoms with Crippen molar-refractivity contribution in [1.29, 1.82) is 0 Å². The van der Waals surface area contributed by atoms with E-state index in [1.807, 2.05) is 0 Å². The van der Waals surface area contributed by atoms with Crippen molar-refractivity contribution in [2.45, 2.75) is 6.43 Å². The molecule has 0 fully saturated rings. The van der Waals surface area contributed by atoms with Gasteiger partial charge in [-0.25, -0.2) is 13.6 Å². The van der Waals surface area contributed by atoms with E-state index >= 15 is 0 Å². The average Bonchev–Trinajstić information content (AvgIpc) is 2.26. The third kappa shape index (κ3) is 2.90. The smallest absolute Gasteiger partial charge is 0.338 e. The monoisotopic (exact) mass is 260 g/mol. The van der Waals surface area contributed by atoms with Crippen LogP contribution in [-0.4, -0.2) is 36.0 Å². The van der Waals surface area contributed by atoms with Crippen molar-refractivity contribution in [2.24, 2.45) is 0 Å². The molecule has 6 nitrogen and oxygen atoms in total. The van der Waals surface area contributed by atoms with Crippen molar-refractivity contribution >= 4 is 17.3 Å². The minimum Gasteiger partial charge on any atom is -0.478 e. The van der Waals surface area contributed by atoms with Crippen LogP contribution in [-0.2, 0) is 0 Å². The number of hydrogen-bond acceptors (Lipinski definition) is 4. The molecule has 8 heteroatoms. The standard InChI is InChI=1S/C10H10F2N2O4/c1-13(5-8(11)12)9-6(10(15)16)3-2-4-7(9)14(17)18/h2-4,8H,5H2,1H3,(H,15,16). The average molecular weight is 260 g/mol. The van der Waals surface area contributed by atoms with Crippen molar-refractivity contribution in [1.82, 2.24) is 0 Å². The van der Waals surface area contributed by atoms with Crippen LogP contribution >= 0.6 is 0 Å². The molecule has 1 N–H and O–H groups in total. The van der Waals surface area contributed by atoms with Crippen molar-refractivity contribution < 1.29 is 23.6 Å². The molecule has 0 aliphatic heterocycles. The number of halogens is 2. The number of rotatable bonds is 5. The molecule has 0 saturated carbocycles. The third-order valence-corrected chi connectivity index (χ3v) is 2.24. The molecular weight excluding hydrogens is 250 g/mol. The fourth-order valence-corrected chi connectivity index (χ4v) is 1.55. The first-order valence-corrected chi connectivity index (χ1v) is 4.84. The number of benzene rings is 1. The largest absolute Gasteiger partial charge is 0.478 e. The second-order valence-corrected chi connectivity index (χ2v) is 3.51. The maximum absolute atomic E-state index is 12.3. The number of carbonyl (C=O) groups is 1. The van der Waals surface area contributed by atoms with Gasteiger partial charge in [-0.1, -0.05) is 6.07 Å². The Hall–Kier alpha value is -2.25. The number of nitrogens with zero attached hydrogens (tertiary/aromatic N) is 2. The molecule has 1 rings (SSSR count). The van der Waals surface area contributed by atoms with Crippen LogP contribution in [0.15, 0.2) is 18.2 Å². The molecule has 0 spiro atoms. The van der Waals surface area contributed by atoms with E-state index < -0.39 is 29.6 Å². The number of nitro groups is 1. The minimum absolute atomic E-state index is 0.324. The van der Waals surface area contributed by atoms with Gasteiger partial charge in [0.15, 0.2) is 0 Å². The normalized spacial score (nSPS) is 10.4. The van der Waals surface area contributed by atoms with Gasteiger partial charge in [-0.15, -0.1) is 0 Å². The highest BCUT2D eigenvalue weighted by Gasteiger charge is 2.25. The highest BCUT2D eigenvalue weighted by atomic mass is 19.3. The van der Waals surface area contributed by atoms with E-state index in [9.17, 15) is 23.7 Å². The summed E-state index contributed by atoms with van der Waals surface area (Å²) in [4.78, 5) is 21.8. The Kier molecular flexibility index (Phi) is 4.13. The summed E-state index contributed by atoms with van der Waals surface area (Å²) in [6, 6.07) is 3.40. The van der Waals surface area contributed by atoms with Gasteiger partial charge in [0.05, 0.1) is 17.0 Å². The van der Waals surface area contributed by atoms with Crippen molar-refractivity contribution in [3.63, 3.8) is 0 Å². The van der Waals surface area contributed by atoms with Crippen LogP contribution in [0.5, 0.6) is 0 Å². The molecule has 0 saturated heterocycles. The van der Waals surface area contributed by atoms with Gasteiger partial charge in [-0.2, -0.15) is 0 Å². The second kappa shape index (κ2) is 5.39. The number of carboxylic acids is 1. The number of alkyl halides is 2. The maximum Gasteiger partial charge on any atom is 0.338 e. The number of hydrogen-bond donors (Lipinski definition) is 1. The summed E-state index contributed by atoms with van der Waals surface area (Å²) >= 11 is 0. The van der Waals surface area contributed by atoms with Crippen molar-refractivity contribution in [3.8, 4) is 0 Å². The van der Waals surface area contributed by atoms with Gasteiger partial charge < -0.3 is 10.0 Å². The van der Waals surface area contributed by atoms with E-state index in [4.69, 9.17) is 5.11 Å². The van der Waals surface area contributed by atoms with Gasteiger partial charge in [0.25, 0.3) is 12.1 Å². The molecule has 0 atom stereocenters. The maximum atomic E-state index is 12.3. The zero-order valence-corrected chi connectivity index (χ0v) is 9.34. The summed E-state index contributed by atoms with van der Waals surface area (Å²) in [5.74, 6) is -1.41. The lowest BCUT2D eigenvalue weighted by Crippen LogP contribution is -2.26. The molecule has 0 bridgehead atoms. The van der Waals surface area contributed by atoms with Crippen LogP contribution in [0, 0.1) is 10.1 Å². The van der Waals surface area contributed by atoms with Crippen LogP contribution in [0.25, 0.3) is 0 Å². The van der Waals surface area contributed by atoms with Crippen molar-refractivity contribution in [3.05, 3.63) is 33.9 Å². The minimum atomic E-state index is -2.73. The first-order chi connectivity index (χ1) is 8.34. The van der Waals surface area contributed by atoms with Gasteiger partial charge in [0.1, 0.15) is 5.69 Å². The Labute approximate surface area is 101 Å². The first-order valence-electron chi connectivity index (χ1n) is 4.84. The molecule has 18 heavy (non-hydrogen) atoms. The summed E-state index contributed by atoms with van der Waals surface area (Å²) < 4.78 is 24.6. The molecular formula is C10H10F2N2O4. The molecule has 0 radical (unpaired) electrons. The molecule has 0 heterocycles. The topological polar surface area (TPSA) is 83.7 Å². The van der Waals surface area contributed by atoms with Crippen LogP contribution < -0.4 is 4.90 Å².